The van der Waals surface area contributed by atoms with E-state index in [1.54, 1.807) is 0 Å². The minimum atomic E-state index is -0.0550. The molecule has 0 N–H and O–H groups in total. The molecule has 2 aliphatic carbocycles. The first-order chi connectivity index (χ1) is 21.0. The molecule has 7 aromatic carbocycles. The monoisotopic (exact) mass is 568 g/mol. The summed E-state index contributed by atoms with van der Waals surface area (Å²) in [6.07, 6.45) is 0. The van der Waals surface area contributed by atoms with E-state index in [-0.39, 0.29) is 10.8 Å². The van der Waals surface area contributed by atoms with Crippen LogP contribution in [0.5, 0.6) is 0 Å². The Bertz CT molecular complexity index is 2200. The van der Waals surface area contributed by atoms with Crippen LogP contribution >= 0.6 is 0 Å². The molecule has 44 heavy (non-hydrogen) atoms. The highest BCUT2D eigenvalue weighted by atomic mass is 14.4. The van der Waals surface area contributed by atoms with E-state index >= 15 is 0 Å². The molecule has 0 aromatic heterocycles. The second-order valence-electron chi connectivity index (χ2n) is 15.3. The van der Waals surface area contributed by atoms with Crippen LogP contribution in [0, 0.1) is 0 Å². The Kier molecular flexibility index (Phi) is 4.96. The molecule has 0 aliphatic heterocycles. The zero-order valence-corrected chi connectivity index (χ0v) is 27.2. The SMILES string of the molecule is CC(C)c1cc2c3c(cc4c5cc(C(C)C)cc6c7c(cc(c(c1)c24)c65)C(C)(C)c1ccccc1-7)C(C)(C)c1ccccc1-3. The maximum atomic E-state index is 2.59. The van der Waals surface area contributed by atoms with Crippen molar-refractivity contribution >= 4 is 43.1 Å². The zero-order valence-electron chi connectivity index (χ0n) is 27.2. The summed E-state index contributed by atoms with van der Waals surface area (Å²) in [5.74, 6) is 0.880. The molecule has 0 radical (unpaired) electrons. The molecule has 9 rings (SSSR count). The van der Waals surface area contributed by atoms with Gasteiger partial charge < -0.3 is 0 Å². The average Bonchev–Trinajstić information content (AvgIpc) is 3.38. The topological polar surface area (TPSA) is 0 Å². The van der Waals surface area contributed by atoms with Gasteiger partial charge in [-0.1, -0.05) is 128 Å². The van der Waals surface area contributed by atoms with E-state index in [1.807, 2.05) is 0 Å². The van der Waals surface area contributed by atoms with Crippen molar-refractivity contribution in [3.05, 3.63) is 118 Å². The first-order valence-electron chi connectivity index (χ1n) is 16.5. The number of rotatable bonds is 2. The highest BCUT2D eigenvalue weighted by Crippen LogP contribution is 2.58. The highest BCUT2D eigenvalue weighted by Gasteiger charge is 2.39. The average molecular weight is 569 g/mol. The van der Waals surface area contributed by atoms with Gasteiger partial charge in [-0.15, -0.1) is 0 Å². The summed E-state index contributed by atoms with van der Waals surface area (Å²) in [4.78, 5) is 0. The Morgan fingerprint density at radius 3 is 1.14 bits per heavy atom. The van der Waals surface area contributed by atoms with Crippen molar-refractivity contribution in [1.82, 2.24) is 0 Å². The number of hydrogen-bond acceptors (Lipinski definition) is 0. The Labute approximate surface area is 261 Å². The van der Waals surface area contributed by atoms with Crippen molar-refractivity contribution in [2.75, 3.05) is 0 Å². The summed E-state index contributed by atoms with van der Waals surface area (Å²) in [6, 6.07) is 33.6. The fourth-order valence-corrected chi connectivity index (χ4v) is 9.04. The maximum Gasteiger partial charge on any atom is 0.0159 e. The molecular formula is C44H40. The smallest absolute Gasteiger partial charge is 0.0159 e. The molecule has 0 atom stereocenters. The Hall–Kier alpha value is -4.16. The Morgan fingerprint density at radius 2 is 0.750 bits per heavy atom. The van der Waals surface area contributed by atoms with Gasteiger partial charge in [-0.05, 0) is 123 Å². The van der Waals surface area contributed by atoms with Gasteiger partial charge in [0.2, 0.25) is 0 Å². The lowest BCUT2D eigenvalue weighted by Gasteiger charge is -2.26. The van der Waals surface area contributed by atoms with Crippen LogP contribution in [-0.2, 0) is 10.8 Å². The Balaban J connectivity index is 1.59. The minimum Gasteiger partial charge on any atom is -0.0619 e. The van der Waals surface area contributed by atoms with Gasteiger partial charge in [0.25, 0.3) is 0 Å². The van der Waals surface area contributed by atoms with Crippen LogP contribution in [0.2, 0.25) is 0 Å². The molecule has 2 aliphatic rings. The first-order valence-corrected chi connectivity index (χ1v) is 16.5. The van der Waals surface area contributed by atoms with Crippen molar-refractivity contribution in [2.24, 2.45) is 0 Å². The number of fused-ring (bicyclic) bond motifs is 10. The normalized spacial score (nSPS) is 16.0. The second kappa shape index (κ2) is 8.30. The summed E-state index contributed by atoms with van der Waals surface area (Å²) in [5.41, 5.74) is 14.3. The molecule has 0 unspecified atom stereocenters. The van der Waals surface area contributed by atoms with E-state index in [0.717, 1.165) is 0 Å². The molecule has 216 valence electrons. The summed E-state index contributed by atoms with van der Waals surface area (Å²) >= 11 is 0. The lowest BCUT2D eigenvalue weighted by Crippen LogP contribution is -2.15. The summed E-state index contributed by atoms with van der Waals surface area (Å²) in [7, 11) is 0. The predicted octanol–water partition coefficient (Wildman–Crippen LogP) is 12.6. The van der Waals surface area contributed by atoms with Crippen molar-refractivity contribution in [3.63, 3.8) is 0 Å². The highest BCUT2D eigenvalue weighted by molar-refractivity contribution is 6.36. The maximum absolute atomic E-state index is 2.59. The molecule has 0 heteroatoms. The lowest BCUT2D eigenvalue weighted by atomic mass is 9.77. The van der Waals surface area contributed by atoms with Crippen molar-refractivity contribution in [2.45, 2.75) is 78.1 Å². The van der Waals surface area contributed by atoms with Gasteiger partial charge in [0.1, 0.15) is 0 Å². The molecule has 0 heterocycles. The van der Waals surface area contributed by atoms with Crippen LogP contribution in [0.25, 0.3) is 65.3 Å². The molecule has 0 bridgehead atoms. The largest absolute Gasteiger partial charge is 0.0619 e. The van der Waals surface area contributed by atoms with Crippen LogP contribution in [-0.4, -0.2) is 0 Å². The summed E-state index contributed by atoms with van der Waals surface area (Å²) in [5, 5.41) is 11.4. The van der Waals surface area contributed by atoms with E-state index in [9.17, 15) is 0 Å². The van der Waals surface area contributed by atoms with Gasteiger partial charge in [-0.2, -0.15) is 0 Å². The molecule has 0 saturated carbocycles. The molecular weight excluding hydrogens is 528 g/mol. The molecule has 0 saturated heterocycles. The number of hydrogen-bond donors (Lipinski definition) is 0. The lowest BCUT2D eigenvalue weighted by molar-refractivity contribution is 0.661. The van der Waals surface area contributed by atoms with E-state index in [0.29, 0.717) is 11.8 Å². The zero-order chi connectivity index (χ0) is 30.4. The van der Waals surface area contributed by atoms with Crippen molar-refractivity contribution < 1.29 is 0 Å². The first kappa shape index (κ1) is 26.3. The summed E-state index contributed by atoms with van der Waals surface area (Å²) < 4.78 is 0. The minimum absolute atomic E-state index is 0.0550. The van der Waals surface area contributed by atoms with Gasteiger partial charge in [0.15, 0.2) is 0 Å². The van der Waals surface area contributed by atoms with E-state index < -0.39 is 0 Å². The van der Waals surface area contributed by atoms with Gasteiger partial charge in [0.05, 0.1) is 0 Å². The molecule has 0 nitrogen and oxygen atoms in total. The van der Waals surface area contributed by atoms with Gasteiger partial charge in [-0.25, -0.2) is 0 Å². The molecule has 0 fully saturated rings. The van der Waals surface area contributed by atoms with Gasteiger partial charge in [-0.3, -0.25) is 0 Å². The fraction of sp³-hybridized carbons (Fsp3) is 0.273. The third-order valence-corrected chi connectivity index (χ3v) is 11.5. The molecule has 7 aromatic rings. The van der Waals surface area contributed by atoms with Crippen molar-refractivity contribution in [1.29, 1.82) is 0 Å². The fourth-order valence-electron chi connectivity index (χ4n) is 9.04. The quantitative estimate of drug-likeness (QED) is 0.144. The third kappa shape index (κ3) is 3.05. The second-order valence-corrected chi connectivity index (χ2v) is 15.3. The van der Waals surface area contributed by atoms with Crippen LogP contribution in [0.3, 0.4) is 0 Å². The van der Waals surface area contributed by atoms with Crippen LogP contribution < -0.4 is 0 Å². The van der Waals surface area contributed by atoms with E-state index in [4.69, 9.17) is 0 Å². The third-order valence-electron chi connectivity index (χ3n) is 11.5. The van der Waals surface area contributed by atoms with E-state index in [2.05, 4.69) is 140 Å². The van der Waals surface area contributed by atoms with Crippen LogP contribution in [0.4, 0.5) is 0 Å². The van der Waals surface area contributed by atoms with Gasteiger partial charge in [0, 0.05) is 10.8 Å². The number of benzene rings is 7. The van der Waals surface area contributed by atoms with Crippen LogP contribution in [0.15, 0.2) is 84.9 Å². The predicted molar refractivity (Wildman–Crippen MR) is 191 cm³/mol. The van der Waals surface area contributed by atoms with E-state index in [1.165, 1.54) is 98.7 Å². The summed E-state index contributed by atoms with van der Waals surface area (Å²) in [6.45, 7) is 19.1. The van der Waals surface area contributed by atoms with Crippen molar-refractivity contribution in [3.8, 4) is 22.3 Å². The standard InChI is InChI=1S/C44H40/c1-23(2)25-17-29-31-21-38-42(28-14-10-12-16-36(28)44(38,7)8)34-20-26(24(3)4)18-30(40(31)34)32-22-37-41(33(19-25)39(29)32)27-13-9-11-15-35(27)43(37,5)6/h9-24H,1-8H3. The Morgan fingerprint density at radius 1 is 0.409 bits per heavy atom. The molecule has 0 spiro atoms. The van der Waals surface area contributed by atoms with Gasteiger partial charge >= 0.3 is 0 Å². The van der Waals surface area contributed by atoms with Crippen LogP contribution in [0.1, 0.15) is 101 Å². The molecule has 0 amide bonds.